The van der Waals surface area contributed by atoms with Crippen LogP contribution in [0.25, 0.3) is 11.0 Å². The Bertz CT molecular complexity index is 1100. The summed E-state index contributed by atoms with van der Waals surface area (Å²) in [5, 5.41) is 8.10. The van der Waals surface area contributed by atoms with E-state index in [9.17, 15) is 4.79 Å². The molecule has 0 atom stereocenters. The van der Waals surface area contributed by atoms with Crippen molar-refractivity contribution in [1.82, 2.24) is 20.1 Å². The Morgan fingerprint density at radius 3 is 2.64 bits per heavy atom. The fourth-order valence-corrected chi connectivity index (χ4v) is 3.23. The molecule has 6 nitrogen and oxygen atoms in total. The molecule has 0 unspecified atom stereocenters. The maximum absolute atomic E-state index is 12.4. The zero-order chi connectivity index (χ0) is 19.5. The van der Waals surface area contributed by atoms with Crippen LogP contribution in [-0.4, -0.2) is 20.7 Å². The number of carbonyl (C=O) groups excluding carboxylic acids is 1. The number of nitrogens with zero attached hydrogens (tertiary/aromatic N) is 3. The SMILES string of the molecule is Cc1ccc2c(CC(=O)NCc3ccc(Cn4cncn4)cc3)coc2c1C. The van der Waals surface area contributed by atoms with Gasteiger partial charge in [-0.3, -0.25) is 4.79 Å². The highest BCUT2D eigenvalue weighted by molar-refractivity contribution is 5.89. The summed E-state index contributed by atoms with van der Waals surface area (Å²) in [6, 6.07) is 12.2. The zero-order valence-corrected chi connectivity index (χ0v) is 16.0. The molecule has 0 fully saturated rings. The number of fused-ring (bicyclic) bond motifs is 1. The van der Waals surface area contributed by atoms with E-state index in [2.05, 4.69) is 28.4 Å². The van der Waals surface area contributed by atoms with Crippen molar-refractivity contribution in [3.05, 3.63) is 83.1 Å². The van der Waals surface area contributed by atoms with Crippen LogP contribution in [0.1, 0.15) is 27.8 Å². The molecule has 0 saturated heterocycles. The van der Waals surface area contributed by atoms with E-state index in [0.29, 0.717) is 19.5 Å². The molecular formula is C22H22N4O2. The van der Waals surface area contributed by atoms with E-state index in [1.807, 2.05) is 37.3 Å². The lowest BCUT2D eigenvalue weighted by atomic mass is 10.0. The Kier molecular flexibility index (Phi) is 4.93. The number of nitrogens with one attached hydrogen (secondary N) is 1. The van der Waals surface area contributed by atoms with Gasteiger partial charge in [0.25, 0.3) is 0 Å². The highest BCUT2D eigenvalue weighted by atomic mass is 16.3. The largest absolute Gasteiger partial charge is 0.464 e. The molecule has 0 aliphatic heterocycles. The Labute approximate surface area is 163 Å². The van der Waals surface area contributed by atoms with Crippen molar-refractivity contribution in [2.75, 3.05) is 0 Å². The Morgan fingerprint density at radius 2 is 1.89 bits per heavy atom. The smallest absolute Gasteiger partial charge is 0.224 e. The third-order valence-corrected chi connectivity index (χ3v) is 5.02. The van der Waals surface area contributed by atoms with Crippen molar-refractivity contribution >= 4 is 16.9 Å². The predicted molar refractivity (Wildman–Crippen MR) is 107 cm³/mol. The molecular weight excluding hydrogens is 352 g/mol. The van der Waals surface area contributed by atoms with Gasteiger partial charge in [-0.1, -0.05) is 36.4 Å². The molecule has 4 rings (SSSR count). The molecule has 28 heavy (non-hydrogen) atoms. The first-order valence-corrected chi connectivity index (χ1v) is 9.23. The molecule has 1 N–H and O–H groups in total. The summed E-state index contributed by atoms with van der Waals surface area (Å²) >= 11 is 0. The number of carbonyl (C=O) groups is 1. The number of furan rings is 1. The number of hydrogen-bond donors (Lipinski definition) is 1. The Hall–Kier alpha value is -3.41. The summed E-state index contributed by atoms with van der Waals surface area (Å²) in [5.41, 5.74) is 6.28. The Morgan fingerprint density at radius 1 is 1.11 bits per heavy atom. The lowest BCUT2D eigenvalue weighted by molar-refractivity contribution is -0.120. The van der Waals surface area contributed by atoms with Crippen LogP contribution in [0.2, 0.25) is 0 Å². The zero-order valence-electron chi connectivity index (χ0n) is 16.0. The van der Waals surface area contributed by atoms with Crippen molar-refractivity contribution in [3.8, 4) is 0 Å². The van der Waals surface area contributed by atoms with E-state index >= 15 is 0 Å². The fourth-order valence-electron chi connectivity index (χ4n) is 3.23. The van der Waals surface area contributed by atoms with Crippen LogP contribution < -0.4 is 5.32 Å². The van der Waals surface area contributed by atoms with Gasteiger partial charge in [0, 0.05) is 17.5 Å². The van der Waals surface area contributed by atoms with Gasteiger partial charge in [0.1, 0.15) is 18.2 Å². The number of aryl methyl sites for hydroxylation is 2. The van der Waals surface area contributed by atoms with Crippen molar-refractivity contribution in [3.63, 3.8) is 0 Å². The average Bonchev–Trinajstić information content (AvgIpc) is 3.35. The van der Waals surface area contributed by atoms with Gasteiger partial charge in [-0.05, 0) is 36.1 Å². The van der Waals surface area contributed by atoms with Crippen molar-refractivity contribution in [1.29, 1.82) is 0 Å². The van der Waals surface area contributed by atoms with E-state index in [4.69, 9.17) is 4.42 Å². The number of aromatic nitrogens is 3. The molecule has 0 bridgehead atoms. The molecule has 4 aromatic rings. The van der Waals surface area contributed by atoms with Crippen LogP contribution in [0.15, 0.2) is 59.7 Å². The minimum atomic E-state index is -0.0207. The van der Waals surface area contributed by atoms with Gasteiger partial charge >= 0.3 is 0 Å². The third kappa shape index (κ3) is 3.81. The molecule has 0 radical (unpaired) electrons. The van der Waals surface area contributed by atoms with Gasteiger partial charge < -0.3 is 9.73 Å². The molecule has 0 aliphatic rings. The number of hydrogen-bond acceptors (Lipinski definition) is 4. The molecule has 0 aliphatic carbocycles. The molecule has 0 saturated carbocycles. The van der Waals surface area contributed by atoms with Crippen molar-refractivity contribution < 1.29 is 9.21 Å². The van der Waals surface area contributed by atoms with E-state index < -0.39 is 0 Å². The minimum Gasteiger partial charge on any atom is -0.464 e. The molecule has 2 aromatic heterocycles. The second-order valence-electron chi connectivity index (χ2n) is 7.01. The minimum absolute atomic E-state index is 0.0207. The van der Waals surface area contributed by atoms with Crippen LogP contribution >= 0.6 is 0 Å². The van der Waals surface area contributed by atoms with Gasteiger partial charge in [0.2, 0.25) is 5.91 Å². The third-order valence-electron chi connectivity index (χ3n) is 5.02. The lowest BCUT2D eigenvalue weighted by Crippen LogP contribution is -2.24. The summed E-state index contributed by atoms with van der Waals surface area (Å²) in [4.78, 5) is 16.3. The summed E-state index contributed by atoms with van der Waals surface area (Å²) in [6.07, 6.45) is 5.21. The van der Waals surface area contributed by atoms with E-state index in [1.165, 1.54) is 11.9 Å². The van der Waals surface area contributed by atoms with Crippen molar-refractivity contribution in [2.45, 2.75) is 33.4 Å². The van der Waals surface area contributed by atoms with Gasteiger partial charge in [-0.25, -0.2) is 9.67 Å². The number of rotatable bonds is 6. The molecule has 2 aromatic carbocycles. The van der Waals surface area contributed by atoms with E-state index in [1.54, 1.807) is 17.3 Å². The van der Waals surface area contributed by atoms with Crippen LogP contribution in [0, 0.1) is 13.8 Å². The molecule has 142 valence electrons. The first-order valence-electron chi connectivity index (χ1n) is 9.23. The highest BCUT2D eigenvalue weighted by Crippen LogP contribution is 2.26. The number of benzene rings is 2. The molecule has 0 spiro atoms. The van der Waals surface area contributed by atoms with Crippen LogP contribution in [0.5, 0.6) is 0 Å². The lowest BCUT2D eigenvalue weighted by Gasteiger charge is -2.07. The van der Waals surface area contributed by atoms with Gasteiger partial charge in [-0.15, -0.1) is 0 Å². The molecule has 6 heteroatoms. The first-order chi connectivity index (χ1) is 13.6. The van der Waals surface area contributed by atoms with Crippen LogP contribution in [-0.2, 0) is 24.3 Å². The predicted octanol–water partition coefficient (Wildman–Crippen LogP) is 3.55. The van der Waals surface area contributed by atoms with Crippen molar-refractivity contribution in [2.24, 2.45) is 0 Å². The summed E-state index contributed by atoms with van der Waals surface area (Å²) in [6.45, 7) is 5.27. The van der Waals surface area contributed by atoms with E-state index in [0.717, 1.165) is 33.2 Å². The van der Waals surface area contributed by atoms with Crippen LogP contribution in [0.3, 0.4) is 0 Å². The summed E-state index contributed by atoms with van der Waals surface area (Å²) < 4.78 is 7.46. The monoisotopic (exact) mass is 374 g/mol. The topological polar surface area (TPSA) is 73.0 Å². The standard InChI is InChI=1S/C22H22N4O2/c1-15-3-8-20-19(12-28-22(20)16(15)2)9-21(27)24-10-17-4-6-18(7-5-17)11-26-14-23-13-25-26/h3-8,12-14H,9-11H2,1-2H3,(H,24,27). The van der Waals surface area contributed by atoms with Gasteiger partial charge in [0.05, 0.1) is 19.2 Å². The highest BCUT2D eigenvalue weighted by Gasteiger charge is 2.12. The maximum Gasteiger partial charge on any atom is 0.224 e. The molecule has 1 amide bonds. The summed E-state index contributed by atoms with van der Waals surface area (Å²) in [7, 11) is 0. The van der Waals surface area contributed by atoms with Gasteiger partial charge in [-0.2, -0.15) is 5.10 Å². The first kappa shape index (κ1) is 18.0. The second kappa shape index (κ2) is 7.68. The summed E-state index contributed by atoms with van der Waals surface area (Å²) in [5.74, 6) is -0.0207. The van der Waals surface area contributed by atoms with Gasteiger partial charge in [0.15, 0.2) is 0 Å². The fraction of sp³-hybridized carbons (Fsp3) is 0.227. The number of amides is 1. The van der Waals surface area contributed by atoms with E-state index in [-0.39, 0.29) is 5.91 Å². The van der Waals surface area contributed by atoms with Crippen LogP contribution in [0.4, 0.5) is 0 Å². The quantitative estimate of drug-likeness (QED) is 0.560. The average molecular weight is 374 g/mol. The second-order valence-corrected chi connectivity index (χ2v) is 7.01. The maximum atomic E-state index is 12.4. The molecule has 2 heterocycles. The normalized spacial score (nSPS) is 11.1. The Balaban J connectivity index is 1.35.